The Bertz CT molecular complexity index is 1250. The molecule has 2 amide bonds. The van der Waals surface area contributed by atoms with Gasteiger partial charge in [-0.2, -0.15) is 0 Å². The molecule has 2 atom stereocenters. The Morgan fingerprint density at radius 2 is 1.46 bits per heavy atom. The molecule has 2 aromatic carbocycles. The van der Waals surface area contributed by atoms with Crippen LogP contribution in [0.3, 0.4) is 0 Å². The minimum absolute atomic E-state index is 0.0917. The molecule has 4 rings (SSSR count). The Hall–Kier alpha value is -4.31. The third-order valence-electron chi connectivity index (χ3n) is 5.73. The van der Waals surface area contributed by atoms with Crippen molar-refractivity contribution in [2.45, 2.75) is 12.1 Å². The van der Waals surface area contributed by atoms with Crippen LogP contribution in [-0.2, 0) is 0 Å². The molecule has 0 radical (unpaired) electrons. The maximum absolute atomic E-state index is 14.5. The number of hydrogen-bond donors (Lipinski definition) is 4. The van der Waals surface area contributed by atoms with Crippen molar-refractivity contribution in [3.8, 4) is 11.5 Å². The molecule has 35 heavy (non-hydrogen) atoms. The van der Waals surface area contributed by atoms with E-state index in [1.807, 2.05) is 0 Å². The lowest BCUT2D eigenvalue weighted by Gasteiger charge is -2.21. The molecule has 1 fully saturated rings. The van der Waals surface area contributed by atoms with Gasteiger partial charge in [0.1, 0.15) is 11.3 Å². The zero-order chi connectivity index (χ0) is 24.9. The van der Waals surface area contributed by atoms with Crippen molar-refractivity contribution in [3.05, 3.63) is 89.0 Å². The number of nitrogens with one attached hydrogen (secondary N) is 3. The van der Waals surface area contributed by atoms with Gasteiger partial charge in [0.05, 0.1) is 19.2 Å². The molecule has 10 heteroatoms. The van der Waals surface area contributed by atoms with Crippen LogP contribution >= 0.6 is 0 Å². The van der Waals surface area contributed by atoms with E-state index in [0.29, 0.717) is 18.7 Å². The monoisotopic (exact) mass is 478 g/mol. The van der Waals surface area contributed by atoms with E-state index < -0.39 is 28.8 Å². The van der Waals surface area contributed by atoms with Gasteiger partial charge in [0.25, 0.3) is 11.8 Å². The number of pyridine rings is 1. The number of methoxy groups -OCH3 is 1. The zero-order valence-corrected chi connectivity index (χ0v) is 18.7. The summed E-state index contributed by atoms with van der Waals surface area (Å²) in [7, 11) is 1.26. The highest BCUT2D eigenvalue weighted by molar-refractivity contribution is 6.11. The molecule has 1 aromatic heterocycles. The summed E-state index contributed by atoms with van der Waals surface area (Å²) in [6, 6.07) is 10.6. The molecule has 2 heterocycles. The summed E-state index contributed by atoms with van der Waals surface area (Å²) < 4.78 is 19.4. The van der Waals surface area contributed by atoms with E-state index in [1.165, 1.54) is 55.9 Å². The van der Waals surface area contributed by atoms with Gasteiger partial charge in [-0.05, 0) is 36.4 Å². The van der Waals surface area contributed by atoms with Gasteiger partial charge in [-0.25, -0.2) is 4.39 Å². The predicted octanol–water partition coefficient (Wildman–Crippen LogP) is 1.67. The number of phenols is 1. The molecular weight excluding hydrogens is 455 g/mol. The van der Waals surface area contributed by atoms with Crippen molar-refractivity contribution in [2.24, 2.45) is 0 Å². The summed E-state index contributed by atoms with van der Waals surface area (Å²) in [6.45, 7) is 0.961. The third-order valence-corrected chi connectivity index (χ3v) is 5.73. The van der Waals surface area contributed by atoms with E-state index in [1.54, 1.807) is 12.1 Å². The fourth-order valence-corrected chi connectivity index (χ4v) is 3.83. The Balaban J connectivity index is 1.43. The van der Waals surface area contributed by atoms with E-state index >= 15 is 0 Å². The number of hydrogen-bond acceptors (Lipinski definition) is 7. The van der Waals surface area contributed by atoms with Crippen molar-refractivity contribution in [1.82, 2.24) is 20.9 Å². The topological polar surface area (TPSA) is 130 Å². The number of aromatic hydroxyl groups is 1. The Morgan fingerprint density at radius 1 is 0.914 bits per heavy atom. The van der Waals surface area contributed by atoms with E-state index in [9.17, 15) is 23.9 Å². The van der Waals surface area contributed by atoms with Crippen LogP contribution in [0.5, 0.6) is 11.5 Å². The van der Waals surface area contributed by atoms with Crippen LogP contribution in [0.2, 0.25) is 0 Å². The number of ketones is 1. The van der Waals surface area contributed by atoms with Crippen LogP contribution in [0.25, 0.3) is 0 Å². The first-order valence-corrected chi connectivity index (χ1v) is 10.8. The molecule has 180 valence electrons. The number of halogens is 1. The lowest BCUT2D eigenvalue weighted by molar-refractivity contribution is 0.0896. The number of phenolic OH excluding ortho intramolecular Hbond substituents is 1. The van der Waals surface area contributed by atoms with Gasteiger partial charge >= 0.3 is 0 Å². The number of rotatable bonds is 7. The van der Waals surface area contributed by atoms with Gasteiger partial charge in [-0.15, -0.1) is 0 Å². The van der Waals surface area contributed by atoms with E-state index in [2.05, 4.69) is 20.9 Å². The van der Waals surface area contributed by atoms with Gasteiger partial charge in [-0.1, -0.05) is 12.1 Å². The summed E-state index contributed by atoms with van der Waals surface area (Å²) in [6.07, 6.45) is 3.05. The highest BCUT2D eigenvalue weighted by Gasteiger charge is 2.30. The second kappa shape index (κ2) is 10.3. The highest BCUT2D eigenvalue weighted by atomic mass is 19.1. The highest BCUT2D eigenvalue weighted by Crippen LogP contribution is 2.30. The first-order chi connectivity index (χ1) is 16.9. The molecule has 9 nitrogen and oxygen atoms in total. The zero-order valence-electron chi connectivity index (χ0n) is 18.7. The maximum atomic E-state index is 14.5. The molecule has 0 spiro atoms. The smallest absolute Gasteiger partial charge is 0.251 e. The summed E-state index contributed by atoms with van der Waals surface area (Å²) >= 11 is 0. The Labute approximate surface area is 200 Å². The predicted molar refractivity (Wildman–Crippen MR) is 124 cm³/mol. The number of carbonyl (C=O) groups is 3. The van der Waals surface area contributed by atoms with Gasteiger partial charge in [0, 0.05) is 42.2 Å². The lowest BCUT2D eigenvalue weighted by Crippen LogP contribution is -2.51. The van der Waals surface area contributed by atoms with Crippen molar-refractivity contribution < 1.29 is 28.6 Å². The second-order valence-electron chi connectivity index (χ2n) is 7.94. The van der Waals surface area contributed by atoms with Crippen LogP contribution < -0.4 is 20.7 Å². The lowest BCUT2D eigenvalue weighted by atomic mass is 10.00. The molecule has 0 saturated carbocycles. The SMILES string of the molecule is COc1ccc(O)c(C(=O)c2ccc(C(=O)N[C@@H]3CNC[C@H]3NC(=O)c3ccncc3)cc2)c1F. The van der Waals surface area contributed by atoms with Crippen LogP contribution in [0, 0.1) is 5.82 Å². The van der Waals surface area contributed by atoms with E-state index in [-0.39, 0.29) is 34.9 Å². The summed E-state index contributed by atoms with van der Waals surface area (Å²) in [5, 5.41) is 18.9. The van der Waals surface area contributed by atoms with E-state index in [0.717, 1.165) is 0 Å². The average Bonchev–Trinajstić information content (AvgIpc) is 3.30. The van der Waals surface area contributed by atoms with Crippen molar-refractivity contribution in [2.75, 3.05) is 20.2 Å². The maximum Gasteiger partial charge on any atom is 0.251 e. The first-order valence-electron chi connectivity index (χ1n) is 10.8. The van der Waals surface area contributed by atoms with E-state index in [4.69, 9.17) is 4.74 Å². The molecule has 0 unspecified atom stereocenters. The Kier molecular flexibility index (Phi) is 7.02. The molecule has 0 bridgehead atoms. The minimum Gasteiger partial charge on any atom is -0.507 e. The van der Waals surface area contributed by atoms with Crippen LogP contribution in [0.15, 0.2) is 60.9 Å². The van der Waals surface area contributed by atoms with Crippen molar-refractivity contribution >= 4 is 17.6 Å². The van der Waals surface area contributed by atoms with Crippen LogP contribution in [0.1, 0.15) is 36.6 Å². The summed E-state index contributed by atoms with van der Waals surface area (Å²) in [5.41, 5.74) is 0.333. The van der Waals surface area contributed by atoms with Gasteiger partial charge in [0.2, 0.25) is 0 Å². The number of ether oxygens (including phenoxy) is 1. The number of benzene rings is 2. The largest absolute Gasteiger partial charge is 0.507 e. The van der Waals surface area contributed by atoms with Crippen molar-refractivity contribution in [3.63, 3.8) is 0 Å². The molecular formula is C25H23FN4O5. The number of aromatic nitrogens is 1. The number of amides is 2. The average molecular weight is 478 g/mol. The molecule has 0 aliphatic carbocycles. The molecule has 3 aromatic rings. The van der Waals surface area contributed by atoms with Gasteiger partial charge in [-0.3, -0.25) is 19.4 Å². The molecule has 1 aliphatic rings. The minimum atomic E-state index is -0.965. The fraction of sp³-hybridized carbons (Fsp3) is 0.200. The number of nitrogens with zero attached hydrogens (tertiary/aromatic N) is 1. The van der Waals surface area contributed by atoms with Crippen LogP contribution in [-0.4, -0.2) is 60.0 Å². The normalized spacial score (nSPS) is 17.0. The van der Waals surface area contributed by atoms with Crippen LogP contribution in [0.4, 0.5) is 4.39 Å². The summed E-state index contributed by atoms with van der Waals surface area (Å²) in [5.74, 6) is -3.05. The third kappa shape index (κ3) is 5.12. The molecule has 1 aliphatic heterocycles. The standard InChI is InChI=1S/C25H23FN4O5/c1-35-20-7-6-19(31)21(22(20)26)23(32)14-2-4-15(5-3-14)24(33)29-17-12-28-13-18(17)30-25(34)16-8-10-27-11-9-16/h2-11,17-18,28,31H,12-13H2,1H3,(H,29,33)(H,30,34)/t17-,18-/m1/s1. The van der Waals surface area contributed by atoms with Gasteiger partial charge < -0.3 is 25.8 Å². The molecule has 1 saturated heterocycles. The summed E-state index contributed by atoms with van der Waals surface area (Å²) in [4.78, 5) is 41.9. The second-order valence-corrected chi connectivity index (χ2v) is 7.94. The number of carbonyl (C=O) groups excluding carboxylic acids is 3. The van der Waals surface area contributed by atoms with Crippen molar-refractivity contribution in [1.29, 1.82) is 0 Å². The van der Waals surface area contributed by atoms with Gasteiger partial charge in [0.15, 0.2) is 17.3 Å². The quantitative estimate of drug-likeness (QED) is 0.380. The first kappa shape index (κ1) is 23.8. The Morgan fingerprint density at radius 3 is 2.03 bits per heavy atom. The fourth-order valence-electron chi connectivity index (χ4n) is 3.83. The molecule has 4 N–H and O–H groups in total.